The molecule has 11 heteroatoms. The molecule has 0 bridgehead atoms. The molecule has 2 N–H and O–H groups in total. The predicted molar refractivity (Wildman–Crippen MR) is 185 cm³/mol. The highest BCUT2D eigenvalue weighted by Crippen LogP contribution is 2.36. The maximum absolute atomic E-state index is 14.3. The van der Waals surface area contributed by atoms with Crippen LogP contribution in [0.2, 0.25) is 15.1 Å². The summed E-state index contributed by atoms with van der Waals surface area (Å²) >= 11 is 18.5. The number of aromatic amines is 1. The summed E-state index contributed by atoms with van der Waals surface area (Å²) in [4.78, 5) is 46.5. The molecule has 1 saturated heterocycles. The Balaban J connectivity index is 1.52. The number of halogens is 3. The van der Waals surface area contributed by atoms with E-state index in [4.69, 9.17) is 44.3 Å². The van der Waals surface area contributed by atoms with Crippen molar-refractivity contribution >= 4 is 63.5 Å². The van der Waals surface area contributed by atoms with E-state index in [1.165, 1.54) is 0 Å². The van der Waals surface area contributed by atoms with Crippen molar-refractivity contribution in [2.24, 2.45) is 0 Å². The lowest BCUT2D eigenvalue weighted by molar-refractivity contribution is -0.142. The van der Waals surface area contributed by atoms with Crippen LogP contribution in [0, 0.1) is 0 Å². The van der Waals surface area contributed by atoms with Crippen molar-refractivity contribution in [3.05, 3.63) is 98.1 Å². The maximum Gasteiger partial charge on any atom is 0.355 e. The fourth-order valence-electron chi connectivity index (χ4n) is 5.89. The molecule has 47 heavy (non-hydrogen) atoms. The molecule has 3 aromatic carbocycles. The van der Waals surface area contributed by atoms with Gasteiger partial charge in [-0.25, -0.2) is 4.79 Å². The van der Waals surface area contributed by atoms with Crippen LogP contribution in [-0.4, -0.2) is 40.3 Å². The number of fused-ring (bicyclic) bond motifs is 1. The second kappa shape index (κ2) is 15.9. The Morgan fingerprint density at radius 2 is 1.66 bits per heavy atom. The third kappa shape index (κ3) is 8.61. The Labute approximate surface area is 289 Å². The van der Waals surface area contributed by atoms with Crippen molar-refractivity contribution in [3.63, 3.8) is 0 Å². The number of esters is 1. The van der Waals surface area contributed by atoms with Crippen LogP contribution in [0.3, 0.4) is 0 Å². The van der Waals surface area contributed by atoms with Crippen LogP contribution < -0.4 is 10.1 Å². The van der Waals surface area contributed by atoms with Crippen LogP contribution in [0.4, 0.5) is 0 Å². The van der Waals surface area contributed by atoms with E-state index in [0.29, 0.717) is 50.3 Å². The molecule has 0 spiro atoms. The van der Waals surface area contributed by atoms with Gasteiger partial charge in [-0.15, -0.1) is 0 Å². The van der Waals surface area contributed by atoms with Gasteiger partial charge in [-0.3, -0.25) is 9.59 Å². The number of aromatic nitrogens is 1. The first-order valence-corrected chi connectivity index (χ1v) is 17.0. The van der Waals surface area contributed by atoms with Gasteiger partial charge in [0, 0.05) is 40.5 Å². The molecule has 248 valence electrons. The van der Waals surface area contributed by atoms with Gasteiger partial charge >= 0.3 is 5.97 Å². The van der Waals surface area contributed by atoms with Gasteiger partial charge in [0.1, 0.15) is 24.1 Å². The Hall–Kier alpha value is -3.72. The van der Waals surface area contributed by atoms with Crippen molar-refractivity contribution in [3.8, 4) is 5.75 Å². The zero-order valence-electron chi connectivity index (χ0n) is 26.4. The average Bonchev–Trinajstić information content (AvgIpc) is 3.41. The lowest BCUT2D eigenvalue weighted by Gasteiger charge is -2.33. The number of hydrogen-bond donors (Lipinski definition) is 2. The van der Waals surface area contributed by atoms with Crippen LogP contribution in [0.1, 0.15) is 85.6 Å². The molecule has 8 nitrogen and oxygen atoms in total. The summed E-state index contributed by atoms with van der Waals surface area (Å²) in [6.07, 6.45) is 4.63. The molecule has 0 radical (unpaired) electrons. The summed E-state index contributed by atoms with van der Waals surface area (Å²) in [6, 6.07) is 16.6. The Morgan fingerprint density at radius 3 is 2.40 bits per heavy atom. The van der Waals surface area contributed by atoms with Gasteiger partial charge in [0.2, 0.25) is 11.8 Å². The minimum atomic E-state index is -1.12. The molecule has 2 unspecified atom stereocenters. The van der Waals surface area contributed by atoms with Crippen LogP contribution >= 0.6 is 34.8 Å². The third-order valence-electron chi connectivity index (χ3n) is 8.27. The van der Waals surface area contributed by atoms with Crippen molar-refractivity contribution in [1.82, 2.24) is 15.2 Å². The number of nitrogens with zero attached hydrogens (tertiary/aromatic N) is 1. The number of benzene rings is 3. The van der Waals surface area contributed by atoms with Crippen molar-refractivity contribution < 1.29 is 23.9 Å². The normalized spacial score (nSPS) is 17.9. The molecule has 4 aromatic rings. The maximum atomic E-state index is 14.3. The molecule has 1 aliphatic heterocycles. The highest BCUT2D eigenvalue weighted by Gasteiger charge is 2.37. The highest BCUT2D eigenvalue weighted by molar-refractivity contribution is 6.42. The summed E-state index contributed by atoms with van der Waals surface area (Å²) in [7, 11) is 0. The Morgan fingerprint density at radius 1 is 0.915 bits per heavy atom. The Bertz CT molecular complexity index is 1740. The molecule has 0 saturated carbocycles. The molecule has 2 atom stereocenters. The van der Waals surface area contributed by atoms with E-state index in [2.05, 4.69) is 10.3 Å². The van der Waals surface area contributed by atoms with Crippen LogP contribution in [0.15, 0.2) is 60.7 Å². The van der Waals surface area contributed by atoms with E-state index in [-0.39, 0.29) is 43.1 Å². The van der Waals surface area contributed by atoms with Gasteiger partial charge in [0.25, 0.3) is 0 Å². The average molecular weight is 699 g/mol. The minimum Gasteiger partial charge on any atom is -0.489 e. The number of hydrogen-bond acceptors (Lipinski definition) is 5. The smallest absolute Gasteiger partial charge is 0.355 e. The van der Waals surface area contributed by atoms with E-state index < -0.39 is 12.0 Å². The number of carbonyl (C=O) groups is 3. The SMILES string of the molecule is CCOC(=O)c1[nH]c2cc(Cl)ccc2c1C1C(=O)NC(C)CCCCCCC(=O)N1Cc1ccc(OCc2ccc(Cl)c(Cl)c2)cc1. The quantitative estimate of drug-likeness (QED) is 0.179. The second-order valence-corrected chi connectivity index (χ2v) is 13.0. The number of H-pyrrole nitrogens is 1. The lowest BCUT2D eigenvalue weighted by Crippen LogP contribution is -2.46. The first kappa shape index (κ1) is 34.6. The van der Waals surface area contributed by atoms with Gasteiger partial charge in [-0.1, -0.05) is 78.3 Å². The third-order valence-corrected chi connectivity index (χ3v) is 9.24. The molecule has 1 aromatic heterocycles. The van der Waals surface area contributed by atoms with Gasteiger partial charge in [0.15, 0.2) is 0 Å². The molecule has 1 fully saturated rings. The minimum absolute atomic E-state index is 0.118. The molecule has 0 aliphatic carbocycles. The van der Waals surface area contributed by atoms with Gasteiger partial charge in [-0.2, -0.15) is 0 Å². The highest BCUT2D eigenvalue weighted by atomic mass is 35.5. The van der Waals surface area contributed by atoms with Crippen LogP contribution in [0.5, 0.6) is 5.75 Å². The molecule has 2 amide bonds. The first-order chi connectivity index (χ1) is 22.6. The summed E-state index contributed by atoms with van der Waals surface area (Å²) < 4.78 is 11.4. The molecule has 5 rings (SSSR count). The number of carbonyl (C=O) groups excluding carboxylic acids is 3. The number of nitrogens with one attached hydrogen (secondary N) is 2. The molecule has 1 aliphatic rings. The number of rotatable bonds is 8. The summed E-state index contributed by atoms with van der Waals surface area (Å²) in [6.45, 7) is 4.24. The fourth-order valence-corrected chi connectivity index (χ4v) is 6.39. The number of ether oxygens (including phenoxy) is 2. The van der Waals surface area contributed by atoms with E-state index in [9.17, 15) is 14.4 Å². The lowest BCUT2D eigenvalue weighted by atomic mass is 9.97. The van der Waals surface area contributed by atoms with Gasteiger partial charge in [-0.05, 0) is 74.2 Å². The first-order valence-electron chi connectivity index (χ1n) is 15.9. The van der Waals surface area contributed by atoms with Crippen LogP contribution in [-0.2, 0) is 27.5 Å². The van der Waals surface area contributed by atoms with E-state index >= 15 is 0 Å². The van der Waals surface area contributed by atoms with Crippen LogP contribution in [0.25, 0.3) is 10.9 Å². The van der Waals surface area contributed by atoms with Crippen molar-refractivity contribution in [2.75, 3.05) is 6.61 Å². The summed E-state index contributed by atoms with van der Waals surface area (Å²) in [5, 5.41) is 5.14. The summed E-state index contributed by atoms with van der Waals surface area (Å²) in [5.74, 6) is -0.537. The van der Waals surface area contributed by atoms with E-state index in [0.717, 1.165) is 36.8 Å². The zero-order valence-corrected chi connectivity index (χ0v) is 28.7. The standard InChI is InChI=1S/C36H38Cl3N3O5/c1-3-46-36(45)33-32(27-16-13-25(37)19-30(27)41-33)34-35(44)40-22(2)8-6-4-5-7-9-31(43)42(34)20-23-10-14-26(15-11-23)47-21-24-12-17-28(38)29(39)18-24/h10-19,22,34,41H,3-9,20-21H2,1-2H3,(H,40,44). The van der Waals surface area contributed by atoms with E-state index in [1.807, 2.05) is 37.3 Å². The monoisotopic (exact) mass is 697 g/mol. The molecule has 2 heterocycles. The fraction of sp³-hybridized carbons (Fsp3) is 0.361. The zero-order chi connectivity index (χ0) is 33.5. The largest absolute Gasteiger partial charge is 0.489 e. The van der Waals surface area contributed by atoms with Crippen molar-refractivity contribution in [2.45, 2.75) is 77.6 Å². The summed E-state index contributed by atoms with van der Waals surface area (Å²) in [5.41, 5.74) is 2.73. The second-order valence-electron chi connectivity index (χ2n) is 11.8. The van der Waals surface area contributed by atoms with Gasteiger partial charge < -0.3 is 24.7 Å². The van der Waals surface area contributed by atoms with E-state index in [1.54, 1.807) is 42.2 Å². The Kier molecular flexibility index (Phi) is 11.7. The predicted octanol–water partition coefficient (Wildman–Crippen LogP) is 8.81. The molecular formula is C36H38Cl3N3O5. The van der Waals surface area contributed by atoms with Crippen molar-refractivity contribution in [1.29, 1.82) is 0 Å². The van der Waals surface area contributed by atoms with Gasteiger partial charge in [0.05, 0.1) is 16.7 Å². The number of amides is 2. The molecular weight excluding hydrogens is 661 g/mol. The topological polar surface area (TPSA) is 101 Å².